The predicted molar refractivity (Wildman–Crippen MR) is 113 cm³/mol. The number of nitrogens with one attached hydrogen (secondary N) is 1. The SMILES string of the molecule is CC(C)[C@H](N1CC2(CCN(c3ncnc4sc(CC(F)(F)F)cc34)C2)C1)C1(F)CNC1. The number of hydrogen-bond donors (Lipinski definition) is 1. The van der Waals surface area contributed by atoms with Crippen LogP contribution in [0.25, 0.3) is 10.2 Å². The zero-order chi connectivity index (χ0) is 22.0. The first-order valence-corrected chi connectivity index (χ1v) is 11.6. The lowest BCUT2D eigenvalue weighted by molar-refractivity contribution is -0.126. The van der Waals surface area contributed by atoms with Crippen LogP contribution in [0.4, 0.5) is 23.4 Å². The van der Waals surface area contributed by atoms with Crippen molar-refractivity contribution in [1.82, 2.24) is 20.2 Å². The van der Waals surface area contributed by atoms with Gasteiger partial charge < -0.3 is 10.2 Å². The maximum atomic E-state index is 15.2. The highest BCUT2D eigenvalue weighted by atomic mass is 32.1. The van der Waals surface area contributed by atoms with Gasteiger partial charge in [-0.2, -0.15) is 13.2 Å². The number of halogens is 4. The molecule has 3 aliphatic heterocycles. The highest BCUT2D eigenvalue weighted by molar-refractivity contribution is 7.18. The molecule has 5 rings (SSSR count). The van der Waals surface area contributed by atoms with Crippen molar-refractivity contribution in [2.75, 3.05) is 44.2 Å². The first-order valence-electron chi connectivity index (χ1n) is 10.8. The van der Waals surface area contributed by atoms with Gasteiger partial charge in [-0.15, -0.1) is 11.3 Å². The van der Waals surface area contributed by atoms with Gasteiger partial charge in [-0.3, -0.25) is 4.90 Å². The Hall–Kier alpha value is -1.52. The van der Waals surface area contributed by atoms with Crippen LogP contribution in [-0.2, 0) is 6.42 Å². The number of rotatable bonds is 5. The Morgan fingerprint density at radius 2 is 1.94 bits per heavy atom. The van der Waals surface area contributed by atoms with E-state index >= 15 is 4.39 Å². The second-order valence-corrected chi connectivity index (χ2v) is 10.9. The average Bonchev–Trinajstić information content (AvgIpc) is 3.21. The van der Waals surface area contributed by atoms with E-state index in [0.29, 0.717) is 23.3 Å². The molecule has 1 atom stereocenters. The summed E-state index contributed by atoms with van der Waals surface area (Å²) in [7, 11) is 0. The summed E-state index contributed by atoms with van der Waals surface area (Å²) in [5.41, 5.74) is -1.05. The van der Waals surface area contributed by atoms with Gasteiger partial charge in [0.1, 0.15) is 17.0 Å². The van der Waals surface area contributed by atoms with Crippen LogP contribution in [0.1, 0.15) is 25.1 Å². The zero-order valence-corrected chi connectivity index (χ0v) is 18.5. The molecule has 0 aliphatic carbocycles. The zero-order valence-electron chi connectivity index (χ0n) is 17.7. The lowest BCUT2D eigenvalue weighted by atomic mass is 9.73. The number of fused-ring (bicyclic) bond motifs is 1. The number of thiophene rings is 1. The second-order valence-electron chi connectivity index (χ2n) is 9.82. The molecule has 3 saturated heterocycles. The standard InChI is InChI=1S/C21H27F4N5S/c1-13(2)16(20(22)7-26-8-20)30-10-19(11-30)3-4-29(9-19)17-15-5-14(6-21(23,24)25)31-18(15)28-12-27-17/h5,12-13,16,26H,3-4,6-11H2,1-2H3/t16-/m0/s1. The quantitative estimate of drug-likeness (QED) is 0.695. The van der Waals surface area contributed by atoms with Crippen molar-refractivity contribution >= 4 is 27.4 Å². The van der Waals surface area contributed by atoms with E-state index in [2.05, 4.69) is 38.9 Å². The Morgan fingerprint density at radius 3 is 2.55 bits per heavy atom. The second kappa shape index (κ2) is 7.25. The Morgan fingerprint density at radius 1 is 1.19 bits per heavy atom. The van der Waals surface area contributed by atoms with Crippen molar-refractivity contribution in [3.05, 3.63) is 17.3 Å². The van der Waals surface area contributed by atoms with Crippen molar-refractivity contribution in [3.63, 3.8) is 0 Å². The van der Waals surface area contributed by atoms with E-state index in [9.17, 15) is 13.2 Å². The summed E-state index contributed by atoms with van der Waals surface area (Å²) in [4.78, 5) is 13.9. The Bertz CT molecular complexity index is 964. The molecule has 5 nitrogen and oxygen atoms in total. The molecule has 5 heterocycles. The third kappa shape index (κ3) is 3.80. The average molecular weight is 458 g/mol. The number of aromatic nitrogens is 2. The van der Waals surface area contributed by atoms with Gasteiger partial charge in [0.15, 0.2) is 5.67 Å². The molecule has 2 aromatic heterocycles. The molecule has 3 fully saturated rings. The first kappa shape index (κ1) is 21.3. The molecule has 2 aromatic rings. The summed E-state index contributed by atoms with van der Waals surface area (Å²) in [6.45, 7) is 8.32. The van der Waals surface area contributed by atoms with Crippen molar-refractivity contribution < 1.29 is 17.6 Å². The Balaban J connectivity index is 1.31. The fraction of sp³-hybridized carbons (Fsp3) is 0.714. The maximum Gasteiger partial charge on any atom is 0.393 e. The summed E-state index contributed by atoms with van der Waals surface area (Å²) < 4.78 is 53.7. The van der Waals surface area contributed by atoms with Gasteiger partial charge in [0.2, 0.25) is 0 Å². The van der Waals surface area contributed by atoms with Crippen molar-refractivity contribution in [2.45, 2.75) is 44.6 Å². The Labute approximate surface area is 182 Å². The Kier molecular flexibility index (Phi) is 4.99. The van der Waals surface area contributed by atoms with Crippen molar-refractivity contribution in [1.29, 1.82) is 0 Å². The van der Waals surface area contributed by atoms with Crippen LogP contribution in [0.15, 0.2) is 12.4 Å². The summed E-state index contributed by atoms with van der Waals surface area (Å²) >= 11 is 1.08. The minimum Gasteiger partial charge on any atom is -0.355 e. The molecule has 31 heavy (non-hydrogen) atoms. The first-order chi connectivity index (χ1) is 14.6. The smallest absolute Gasteiger partial charge is 0.355 e. The number of anilines is 1. The molecule has 1 N–H and O–H groups in total. The molecule has 170 valence electrons. The molecule has 10 heteroatoms. The van der Waals surface area contributed by atoms with Gasteiger partial charge in [-0.25, -0.2) is 14.4 Å². The summed E-state index contributed by atoms with van der Waals surface area (Å²) in [5, 5.41) is 3.77. The highest BCUT2D eigenvalue weighted by Gasteiger charge is 2.56. The van der Waals surface area contributed by atoms with Crippen LogP contribution in [0.2, 0.25) is 0 Å². The minimum atomic E-state index is -4.24. The van der Waals surface area contributed by atoms with Crippen LogP contribution in [0, 0.1) is 11.3 Å². The van der Waals surface area contributed by atoms with E-state index in [0.717, 1.165) is 49.8 Å². The molecule has 0 unspecified atom stereocenters. The lowest BCUT2D eigenvalue weighted by Crippen LogP contribution is -2.73. The number of nitrogens with zero attached hydrogens (tertiary/aromatic N) is 4. The maximum absolute atomic E-state index is 15.2. The monoisotopic (exact) mass is 457 g/mol. The molecule has 0 saturated carbocycles. The highest BCUT2D eigenvalue weighted by Crippen LogP contribution is 2.46. The van der Waals surface area contributed by atoms with E-state index in [1.165, 1.54) is 6.33 Å². The molecule has 0 radical (unpaired) electrons. The lowest BCUT2D eigenvalue weighted by Gasteiger charge is -2.57. The normalized spacial score (nSPS) is 24.0. The van der Waals surface area contributed by atoms with E-state index in [4.69, 9.17) is 0 Å². The molecular weight excluding hydrogens is 430 g/mol. The van der Waals surface area contributed by atoms with Crippen LogP contribution >= 0.6 is 11.3 Å². The summed E-state index contributed by atoms with van der Waals surface area (Å²) in [6.07, 6.45) is -2.76. The third-order valence-electron chi connectivity index (χ3n) is 6.94. The largest absolute Gasteiger partial charge is 0.393 e. The fourth-order valence-electron chi connectivity index (χ4n) is 5.73. The van der Waals surface area contributed by atoms with Gasteiger partial charge in [-0.05, 0) is 18.4 Å². The van der Waals surface area contributed by atoms with Gasteiger partial charge in [0.05, 0.1) is 11.8 Å². The van der Waals surface area contributed by atoms with Crippen LogP contribution in [-0.4, -0.2) is 72.0 Å². The minimum absolute atomic E-state index is 0.0824. The number of likely N-dealkylation sites (tertiary alicyclic amines) is 1. The van der Waals surface area contributed by atoms with E-state index < -0.39 is 18.3 Å². The van der Waals surface area contributed by atoms with Crippen LogP contribution in [0.3, 0.4) is 0 Å². The topological polar surface area (TPSA) is 44.3 Å². The molecule has 3 aliphatic rings. The number of hydrogen-bond acceptors (Lipinski definition) is 6. The van der Waals surface area contributed by atoms with Crippen LogP contribution < -0.4 is 10.2 Å². The number of alkyl halides is 4. The third-order valence-corrected chi connectivity index (χ3v) is 7.98. The van der Waals surface area contributed by atoms with E-state index in [-0.39, 0.29) is 22.3 Å². The summed E-state index contributed by atoms with van der Waals surface area (Å²) in [5.74, 6) is 0.955. The molecule has 0 amide bonds. The van der Waals surface area contributed by atoms with Gasteiger partial charge >= 0.3 is 6.18 Å². The van der Waals surface area contributed by atoms with Gasteiger partial charge in [0.25, 0.3) is 0 Å². The fourth-order valence-corrected chi connectivity index (χ4v) is 6.76. The van der Waals surface area contributed by atoms with E-state index in [1.807, 2.05) is 0 Å². The van der Waals surface area contributed by atoms with Crippen molar-refractivity contribution in [2.24, 2.45) is 11.3 Å². The van der Waals surface area contributed by atoms with Crippen molar-refractivity contribution in [3.8, 4) is 0 Å². The predicted octanol–water partition coefficient (Wildman–Crippen LogP) is 3.64. The van der Waals surface area contributed by atoms with Crippen LogP contribution in [0.5, 0.6) is 0 Å². The van der Waals surface area contributed by atoms with Gasteiger partial charge in [0, 0.05) is 55.6 Å². The van der Waals surface area contributed by atoms with Gasteiger partial charge in [-0.1, -0.05) is 13.8 Å². The summed E-state index contributed by atoms with van der Waals surface area (Å²) in [6, 6.07) is 1.51. The molecule has 0 bridgehead atoms. The molecule has 0 aromatic carbocycles. The van der Waals surface area contributed by atoms with E-state index in [1.54, 1.807) is 6.07 Å². The molecular formula is C21H27F4N5S. The molecule has 1 spiro atoms.